The fourth-order valence-corrected chi connectivity index (χ4v) is 4.21. The molecule has 7 heteroatoms. The van der Waals surface area contributed by atoms with Crippen molar-refractivity contribution in [3.63, 3.8) is 0 Å². The van der Waals surface area contributed by atoms with Crippen LogP contribution in [0.1, 0.15) is 37.9 Å². The Kier molecular flexibility index (Phi) is 5.52. The molecule has 148 valence electrons. The lowest BCUT2D eigenvalue weighted by Crippen LogP contribution is -2.37. The molecule has 2 aromatic heterocycles. The van der Waals surface area contributed by atoms with Crippen LogP contribution in [0.2, 0.25) is 0 Å². The van der Waals surface area contributed by atoms with E-state index >= 15 is 0 Å². The molecular weight excluding hydrogens is 352 g/mol. The van der Waals surface area contributed by atoms with E-state index in [4.69, 9.17) is 9.97 Å². The summed E-state index contributed by atoms with van der Waals surface area (Å²) < 4.78 is 0. The molecule has 0 spiro atoms. The number of hydrogen-bond donors (Lipinski definition) is 1. The Morgan fingerprint density at radius 2 is 2.18 bits per heavy atom. The maximum Gasteiger partial charge on any atom is 0.219 e. The number of nitrogens with zero attached hydrogens (tertiary/aromatic N) is 5. The molecule has 2 aliphatic rings. The summed E-state index contributed by atoms with van der Waals surface area (Å²) in [4.78, 5) is 30.3. The van der Waals surface area contributed by atoms with Crippen molar-refractivity contribution >= 4 is 11.7 Å². The number of carbonyl (C=O) groups excluding carboxylic acids is 1. The SMILES string of the molecule is CCN1CCC[C@H]1CNc1nc(-c2ccccn2)nc2c1CCN(C(C)=O)C2. The summed E-state index contributed by atoms with van der Waals surface area (Å²) in [5.41, 5.74) is 2.82. The summed E-state index contributed by atoms with van der Waals surface area (Å²) in [7, 11) is 0. The molecule has 7 nitrogen and oxygen atoms in total. The topological polar surface area (TPSA) is 74.2 Å². The summed E-state index contributed by atoms with van der Waals surface area (Å²) in [6.45, 7) is 8.23. The van der Waals surface area contributed by atoms with Crippen molar-refractivity contribution in [2.75, 3.05) is 31.5 Å². The predicted molar refractivity (Wildman–Crippen MR) is 109 cm³/mol. The van der Waals surface area contributed by atoms with Gasteiger partial charge in [-0.25, -0.2) is 9.97 Å². The van der Waals surface area contributed by atoms with Gasteiger partial charge in [0.25, 0.3) is 0 Å². The summed E-state index contributed by atoms with van der Waals surface area (Å²) in [6, 6.07) is 6.30. The standard InChI is InChI=1S/C21H28N6O/c1-3-26-11-6-7-16(26)13-23-20-17-9-12-27(15(2)28)14-19(17)24-21(25-20)18-8-4-5-10-22-18/h4-5,8,10,16H,3,6-7,9,11-14H2,1-2H3,(H,23,24,25)/t16-/m0/s1. The molecule has 4 heterocycles. The van der Waals surface area contributed by atoms with Crippen molar-refractivity contribution in [1.29, 1.82) is 0 Å². The highest BCUT2D eigenvalue weighted by Gasteiger charge is 2.26. The van der Waals surface area contributed by atoms with E-state index in [1.807, 2.05) is 23.1 Å². The third kappa shape index (κ3) is 3.85. The lowest BCUT2D eigenvalue weighted by atomic mass is 10.0. The van der Waals surface area contributed by atoms with Gasteiger partial charge in [-0.2, -0.15) is 0 Å². The number of aromatic nitrogens is 3. The largest absolute Gasteiger partial charge is 0.368 e. The van der Waals surface area contributed by atoms with Crippen LogP contribution in [0.25, 0.3) is 11.5 Å². The molecule has 0 bridgehead atoms. The van der Waals surface area contributed by atoms with Crippen LogP contribution in [0.5, 0.6) is 0 Å². The molecule has 28 heavy (non-hydrogen) atoms. The van der Waals surface area contributed by atoms with Crippen molar-refractivity contribution in [1.82, 2.24) is 24.8 Å². The monoisotopic (exact) mass is 380 g/mol. The number of carbonyl (C=O) groups is 1. The Morgan fingerprint density at radius 1 is 1.29 bits per heavy atom. The van der Waals surface area contributed by atoms with Crippen LogP contribution < -0.4 is 5.32 Å². The first-order valence-electron chi connectivity index (χ1n) is 10.2. The number of fused-ring (bicyclic) bond motifs is 1. The van der Waals surface area contributed by atoms with Gasteiger partial charge in [0.1, 0.15) is 11.5 Å². The number of pyridine rings is 1. The average molecular weight is 380 g/mol. The van der Waals surface area contributed by atoms with Crippen LogP contribution in [0, 0.1) is 0 Å². The highest BCUT2D eigenvalue weighted by Crippen LogP contribution is 2.27. The van der Waals surface area contributed by atoms with Gasteiger partial charge in [-0.1, -0.05) is 13.0 Å². The fraction of sp³-hybridized carbons (Fsp3) is 0.524. The molecule has 1 fully saturated rings. The lowest BCUT2D eigenvalue weighted by Gasteiger charge is -2.29. The molecule has 0 aliphatic carbocycles. The highest BCUT2D eigenvalue weighted by molar-refractivity contribution is 5.74. The summed E-state index contributed by atoms with van der Waals surface area (Å²) in [6.07, 6.45) is 5.01. The minimum absolute atomic E-state index is 0.0858. The van der Waals surface area contributed by atoms with Crippen molar-refractivity contribution in [3.8, 4) is 11.5 Å². The van der Waals surface area contributed by atoms with Crippen LogP contribution in [0.3, 0.4) is 0 Å². The zero-order chi connectivity index (χ0) is 19.5. The number of hydrogen-bond acceptors (Lipinski definition) is 6. The molecule has 0 saturated carbocycles. The van der Waals surface area contributed by atoms with Crippen LogP contribution in [0.15, 0.2) is 24.4 Å². The van der Waals surface area contributed by atoms with E-state index in [0.717, 1.165) is 42.3 Å². The highest BCUT2D eigenvalue weighted by atomic mass is 16.2. The second kappa shape index (κ2) is 8.22. The maximum absolute atomic E-state index is 11.9. The summed E-state index contributed by atoms with van der Waals surface area (Å²) >= 11 is 0. The van der Waals surface area contributed by atoms with Gasteiger partial charge in [0, 0.05) is 37.8 Å². The van der Waals surface area contributed by atoms with Crippen LogP contribution >= 0.6 is 0 Å². The van der Waals surface area contributed by atoms with Gasteiger partial charge in [-0.05, 0) is 44.5 Å². The molecule has 1 atom stereocenters. The molecule has 2 aliphatic heterocycles. The van der Waals surface area contributed by atoms with Crippen molar-refractivity contribution in [3.05, 3.63) is 35.7 Å². The van der Waals surface area contributed by atoms with Crippen molar-refractivity contribution < 1.29 is 4.79 Å². The number of nitrogens with one attached hydrogen (secondary N) is 1. The van der Waals surface area contributed by atoms with Gasteiger partial charge in [0.15, 0.2) is 5.82 Å². The summed E-state index contributed by atoms with van der Waals surface area (Å²) in [5.74, 6) is 1.60. The molecule has 0 unspecified atom stereocenters. The number of amides is 1. The number of likely N-dealkylation sites (tertiary alicyclic amines) is 1. The molecule has 4 rings (SSSR count). The fourth-order valence-electron chi connectivity index (χ4n) is 4.21. The molecular formula is C21H28N6O. The zero-order valence-corrected chi connectivity index (χ0v) is 16.7. The van der Waals surface area contributed by atoms with E-state index in [2.05, 4.69) is 22.1 Å². The Labute approximate surface area is 166 Å². The van der Waals surface area contributed by atoms with E-state index in [1.54, 1.807) is 13.1 Å². The van der Waals surface area contributed by atoms with Gasteiger partial charge >= 0.3 is 0 Å². The predicted octanol–water partition coefficient (Wildman–Crippen LogP) is 2.34. The molecule has 0 aromatic carbocycles. The van der Waals surface area contributed by atoms with Gasteiger partial charge in [0.05, 0.1) is 12.2 Å². The first-order chi connectivity index (χ1) is 13.7. The second-order valence-electron chi connectivity index (χ2n) is 7.53. The quantitative estimate of drug-likeness (QED) is 0.858. The number of rotatable bonds is 5. The van der Waals surface area contributed by atoms with Crippen LogP contribution in [-0.4, -0.2) is 62.9 Å². The van der Waals surface area contributed by atoms with Crippen molar-refractivity contribution in [2.45, 2.75) is 45.7 Å². The minimum atomic E-state index is 0.0858. The molecule has 0 radical (unpaired) electrons. The minimum Gasteiger partial charge on any atom is -0.368 e. The van der Waals surface area contributed by atoms with Crippen molar-refractivity contribution in [2.24, 2.45) is 0 Å². The van der Waals surface area contributed by atoms with Gasteiger partial charge in [0.2, 0.25) is 5.91 Å². The van der Waals surface area contributed by atoms with E-state index in [0.29, 0.717) is 25.0 Å². The molecule has 1 amide bonds. The van der Waals surface area contributed by atoms with Crippen LogP contribution in [0.4, 0.5) is 5.82 Å². The second-order valence-corrected chi connectivity index (χ2v) is 7.53. The Balaban J connectivity index is 1.64. The zero-order valence-electron chi connectivity index (χ0n) is 16.7. The van der Waals surface area contributed by atoms with Gasteiger partial charge in [-0.15, -0.1) is 0 Å². The molecule has 1 saturated heterocycles. The van der Waals surface area contributed by atoms with E-state index in [9.17, 15) is 4.79 Å². The molecule has 2 aromatic rings. The van der Waals surface area contributed by atoms with E-state index in [-0.39, 0.29) is 5.91 Å². The average Bonchev–Trinajstić information content (AvgIpc) is 3.19. The maximum atomic E-state index is 11.9. The number of anilines is 1. The Morgan fingerprint density at radius 3 is 2.93 bits per heavy atom. The first-order valence-corrected chi connectivity index (χ1v) is 10.2. The normalized spacial score (nSPS) is 19.5. The van der Waals surface area contributed by atoms with E-state index < -0.39 is 0 Å². The number of likely N-dealkylation sites (N-methyl/N-ethyl adjacent to an activating group) is 1. The van der Waals surface area contributed by atoms with Gasteiger partial charge in [-0.3, -0.25) is 14.7 Å². The van der Waals surface area contributed by atoms with Crippen LogP contribution in [-0.2, 0) is 17.8 Å². The third-order valence-corrected chi connectivity index (χ3v) is 5.81. The molecule has 1 N–H and O–H groups in total. The first kappa shape index (κ1) is 18.8. The Hall–Kier alpha value is -2.54. The van der Waals surface area contributed by atoms with E-state index in [1.165, 1.54) is 19.4 Å². The smallest absolute Gasteiger partial charge is 0.219 e. The van der Waals surface area contributed by atoms with Gasteiger partial charge < -0.3 is 10.2 Å². The third-order valence-electron chi connectivity index (χ3n) is 5.81. The summed E-state index contributed by atoms with van der Waals surface area (Å²) in [5, 5.41) is 3.61. The lowest BCUT2D eigenvalue weighted by molar-refractivity contribution is -0.129. The Bertz CT molecular complexity index is 840.